The summed E-state index contributed by atoms with van der Waals surface area (Å²) in [7, 11) is -0.935. The molecule has 2 rings (SSSR count). The summed E-state index contributed by atoms with van der Waals surface area (Å²) in [5, 5.41) is 2.30. The topological polar surface area (TPSA) is 74.3 Å². The van der Waals surface area contributed by atoms with Gasteiger partial charge in [-0.2, -0.15) is 25.9 Å². The van der Waals surface area contributed by atoms with Crippen molar-refractivity contribution in [2.24, 2.45) is 0 Å². The lowest BCUT2D eigenvalue weighted by molar-refractivity contribution is -0.137. The lowest BCUT2D eigenvalue weighted by Gasteiger charge is -2.14. The number of pyridine rings is 1. The molecule has 0 aliphatic rings. The number of rotatable bonds is 5. The second-order valence-corrected chi connectivity index (χ2v) is 7.43. The maximum absolute atomic E-state index is 12.8. The van der Waals surface area contributed by atoms with Crippen molar-refractivity contribution in [1.82, 2.24) is 9.29 Å². The predicted octanol–water partition coefficient (Wildman–Crippen LogP) is 3.72. The zero-order chi connectivity index (χ0) is 18.8. The van der Waals surface area contributed by atoms with Crippen molar-refractivity contribution >= 4 is 39.0 Å². The first kappa shape index (κ1) is 19.3. The molecule has 0 aliphatic carbocycles. The molecular formula is C14H14ClF3N4O2S. The molecule has 1 aromatic carbocycles. The van der Waals surface area contributed by atoms with Gasteiger partial charge < -0.3 is 5.32 Å². The van der Waals surface area contributed by atoms with Crippen LogP contribution in [0.5, 0.6) is 0 Å². The van der Waals surface area contributed by atoms with Crippen LogP contribution in [-0.2, 0) is 16.4 Å². The molecule has 1 aromatic heterocycles. The van der Waals surface area contributed by atoms with Crippen LogP contribution in [0, 0.1) is 0 Å². The number of benzene rings is 1. The third kappa shape index (κ3) is 4.97. The molecule has 0 radical (unpaired) electrons. The highest BCUT2D eigenvalue weighted by atomic mass is 35.5. The molecule has 2 aromatic rings. The van der Waals surface area contributed by atoms with Gasteiger partial charge in [-0.15, -0.1) is 0 Å². The highest BCUT2D eigenvalue weighted by Crippen LogP contribution is 2.36. The SMILES string of the molecule is CN(C)S(=O)(=O)Nc1ccc(Nc2ccc(Cl)c(C(F)(F)F)c2)nc1. The highest BCUT2D eigenvalue weighted by Gasteiger charge is 2.33. The largest absolute Gasteiger partial charge is 0.417 e. The molecular weight excluding hydrogens is 381 g/mol. The fourth-order valence-electron chi connectivity index (χ4n) is 1.74. The Kier molecular flexibility index (Phi) is 5.45. The summed E-state index contributed by atoms with van der Waals surface area (Å²) in [6.45, 7) is 0. The smallest absolute Gasteiger partial charge is 0.340 e. The number of nitrogens with zero attached hydrogens (tertiary/aromatic N) is 2. The average molecular weight is 395 g/mol. The molecule has 0 aliphatic heterocycles. The molecule has 11 heteroatoms. The Morgan fingerprint density at radius 2 is 1.76 bits per heavy atom. The number of halogens is 4. The Labute approximate surface area is 147 Å². The van der Waals surface area contributed by atoms with E-state index in [2.05, 4.69) is 15.0 Å². The molecule has 6 nitrogen and oxygen atoms in total. The van der Waals surface area contributed by atoms with Crippen LogP contribution in [0.1, 0.15) is 5.56 Å². The molecule has 0 bridgehead atoms. The van der Waals surface area contributed by atoms with Crippen LogP contribution in [0.4, 0.5) is 30.4 Å². The van der Waals surface area contributed by atoms with Gasteiger partial charge in [-0.25, -0.2) is 4.98 Å². The summed E-state index contributed by atoms with van der Waals surface area (Å²) < 4.78 is 65.2. The Bertz CT molecular complexity index is 855. The zero-order valence-electron chi connectivity index (χ0n) is 13.1. The van der Waals surface area contributed by atoms with Crippen LogP contribution in [-0.4, -0.2) is 31.8 Å². The summed E-state index contributed by atoms with van der Waals surface area (Å²) in [6, 6.07) is 6.23. The monoisotopic (exact) mass is 394 g/mol. The van der Waals surface area contributed by atoms with E-state index >= 15 is 0 Å². The first-order valence-electron chi connectivity index (χ1n) is 6.79. The Morgan fingerprint density at radius 3 is 2.28 bits per heavy atom. The second-order valence-electron chi connectivity index (χ2n) is 5.14. The van der Waals surface area contributed by atoms with Gasteiger partial charge in [0, 0.05) is 19.8 Å². The summed E-state index contributed by atoms with van der Waals surface area (Å²) in [6.07, 6.45) is -3.33. The third-order valence-electron chi connectivity index (χ3n) is 3.04. The van der Waals surface area contributed by atoms with E-state index < -0.39 is 27.0 Å². The predicted molar refractivity (Wildman–Crippen MR) is 90.2 cm³/mol. The van der Waals surface area contributed by atoms with Crippen molar-refractivity contribution in [3.05, 3.63) is 47.1 Å². The van der Waals surface area contributed by atoms with Crippen molar-refractivity contribution in [3.63, 3.8) is 0 Å². The van der Waals surface area contributed by atoms with Gasteiger partial charge in [-0.3, -0.25) is 4.72 Å². The van der Waals surface area contributed by atoms with Gasteiger partial charge in [0.15, 0.2) is 0 Å². The molecule has 0 unspecified atom stereocenters. The standard InChI is InChI=1S/C14H14ClF3N4O2S/c1-22(2)25(23,24)21-10-4-6-13(19-8-10)20-9-3-5-12(15)11(7-9)14(16,17)18/h3-8,21H,1-2H3,(H,19,20). The van der Waals surface area contributed by atoms with E-state index in [0.717, 1.165) is 16.4 Å². The lowest BCUT2D eigenvalue weighted by atomic mass is 10.2. The number of hydrogen-bond donors (Lipinski definition) is 2. The molecule has 2 N–H and O–H groups in total. The maximum Gasteiger partial charge on any atom is 0.417 e. The number of anilines is 3. The number of nitrogens with one attached hydrogen (secondary N) is 2. The van der Waals surface area contributed by atoms with E-state index in [1.165, 1.54) is 38.5 Å². The minimum atomic E-state index is -4.57. The van der Waals surface area contributed by atoms with Crippen LogP contribution < -0.4 is 10.0 Å². The summed E-state index contributed by atoms with van der Waals surface area (Å²) in [5.41, 5.74) is -0.605. The van der Waals surface area contributed by atoms with E-state index in [0.29, 0.717) is 0 Å². The Morgan fingerprint density at radius 1 is 1.12 bits per heavy atom. The summed E-state index contributed by atoms with van der Waals surface area (Å²) in [5.74, 6) is 0.239. The average Bonchev–Trinajstić information content (AvgIpc) is 2.49. The van der Waals surface area contributed by atoms with Gasteiger partial charge in [0.05, 0.1) is 22.5 Å². The molecule has 0 saturated carbocycles. The first-order valence-corrected chi connectivity index (χ1v) is 8.61. The molecule has 1 heterocycles. The van der Waals surface area contributed by atoms with Gasteiger partial charge in [-0.1, -0.05) is 11.6 Å². The van der Waals surface area contributed by atoms with E-state index in [1.54, 1.807) is 0 Å². The third-order valence-corrected chi connectivity index (χ3v) is 4.82. The van der Waals surface area contributed by atoms with E-state index in [-0.39, 0.29) is 17.2 Å². The summed E-state index contributed by atoms with van der Waals surface area (Å²) in [4.78, 5) is 3.96. The van der Waals surface area contributed by atoms with E-state index in [4.69, 9.17) is 11.6 Å². The van der Waals surface area contributed by atoms with Crippen LogP contribution in [0.3, 0.4) is 0 Å². The molecule has 136 valence electrons. The number of hydrogen-bond acceptors (Lipinski definition) is 4. The van der Waals surface area contributed by atoms with Crippen molar-refractivity contribution < 1.29 is 21.6 Å². The van der Waals surface area contributed by atoms with Gasteiger partial charge in [-0.05, 0) is 30.3 Å². The van der Waals surface area contributed by atoms with Crippen LogP contribution in [0.15, 0.2) is 36.5 Å². The van der Waals surface area contributed by atoms with Gasteiger partial charge in [0.1, 0.15) is 5.82 Å². The second kappa shape index (κ2) is 7.06. The van der Waals surface area contributed by atoms with Gasteiger partial charge in [0.2, 0.25) is 0 Å². The molecule has 25 heavy (non-hydrogen) atoms. The number of aromatic nitrogens is 1. The summed E-state index contributed by atoms with van der Waals surface area (Å²) >= 11 is 5.56. The van der Waals surface area contributed by atoms with Crippen molar-refractivity contribution in [3.8, 4) is 0 Å². The molecule has 0 saturated heterocycles. The maximum atomic E-state index is 12.8. The first-order chi connectivity index (χ1) is 11.5. The quantitative estimate of drug-likeness (QED) is 0.810. The van der Waals surface area contributed by atoms with Gasteiger partial charge >= 0.3 is 16.4 Å². The number of alkyl halides is 3. The van der Waals surface area contributed by atoms with Crippen molar-refractivity contribution in [1.29, 1.82) is 0 Å². The van der Waals surface area contributed by atoms with Crippen LogP contribution in [0.2, 0.25) is 5.02 Å². The normalized spacial score (nSPS) is 12.3. The Balaban J connectivity index is 2.17. The highest BCUT2D eigenvalue weighted by molar-refractivity contribution is 7.90. The van der Waals surface area contributed by atoms with E-state index in [1.807, 2.05) is 0 Å². The van der Waals surface area contributed by atoms with Crippen molar-refractivity contribution in [2.75, 3.05) is 24.1 Å². The molecule has 0 amide bonds. The molecule has 0 atom stereocenters. The Hall–Kier alpha value is -2.04. The fraction of sp³-hybridized carbons (Fsp3) is 0.214. The molecule has 0 spiro atoms. The zero-order valence-corrected chi connectivity index (χ0v) is 14.7. The van der Waals surface area contributed by atoms with Crippen molar-refractivity contribution in [2.45, 2.75) is 6.18 Å². The van der Waals surface area contributed by atoms with E-state index in [9.17, 15) is 21.6 Å². The minimum Gasteiger partial charge on any atom is -0.340 e. The molecule has 0 fully saturated rings. The van der Waals surface area contributed by atoms with Crippen LogP contribution in [0.25, 0.3) is 0 Å². The van der Waals surface area contributed by atoms with Crippen LogP contribution >= 0.6 is 11.6 Å². The fourth-order valence-corrected chi connectivity index (χ4v) is 2.56. The minimum absolute atomic E-state index is 0.144. The lowest BCUT2D eigenvalue weighted by Crippen LogP contribution is -2.28. The van der Waals surface area contributed by atoms with Gasteiger partial charge in [0.25, 0.3) is 0 Å².